The minimum Gasteiger partial charge on any atom is -0.465 e. The Labute approximate surface area is 469 Å². The van der Waals surface area contributed by atoms with E-state index >= 15 is 0 Å². The van der Waals surface area contributed by atoms with E-state index < -0.39 is 45.4 Å². The molecule has 6 nitrogen and oxygen atoms in total. The molecule has 0 heterocycles. The number of ketones is 2. The van der Waals surface area contributed by atoms with Crippen molar-refractivity contribution in [1.29, 1.82) is 0 Å². The molecule has 2 unspecified atom stereocenters. The molecule has 0 bridgehead atoms. The highest BCUT2D eigenvalue weighted by Crippen LogP contribution is 2.42. The molecule has 0 fully saturated rings. The van der Waals surface area contributed by atoms with E-state index in [1.165, 1.54) is 167 Å². The van der Waals surface area contributed by atoms with Crippen LogP contribution in [0.5, 0.6) is 0 Å². The van der Waals surface area contributed by atoms with Crippen molar-refractivity contribution < 1.29 is 28.7 Å². The van der Waals surface area contributed by atoms with E-state index in [2.05, 4.69) is 13.8 Å². The number of allylic oxidation sites excluding steroid dienone is 10. The zero-order chi connectivity index (χ0) is 56.6. The first-order valence-corrected chi connectivity index (χ1v) is 31.7. The third-order valence-corrected chi connectivity index (χ3v) is 15.6. The van der Waals surface area contributed by atoms with Gasteiger partial charge in [-0.25, -0.2) is 0 Å². The fourth-order valence-electron chi connectivity index (χ4n) is 10.6. The molecule has 0 spiro atoms. The van der Waals surface area contributed by atoms with Crippen LogP contribution in [0.1, 0.15) is 302 Å². The standard InChI is InChI=1S/C70H118O6/c1-15-17-19-21-23-25-27-29-31-33-35-37-39-41-43-45-47-75-65(73)57(49-55-51-59(67(3,4)5)63(71)60(52-55)68(6,7)8)58(50-56-53-61(69(9,10)11)64(72)62(54-56)70(12,13)14)66(74)76-48-46-44-42-40-38-36-34-32-30-28-26-24-22-20-18-16-2/h49-54,57-58H,15-48H2,1-14H3. The van der Waals surface area contributed by atoms with Crippen LogP contribution < -0.4 is 0 Å². The Balaban J connectivity index is 2.35. The number of carbonyl (C=O) groups excluding carboxylic acids is 4. The first kappa shape index (κ1) is 68.8. The van der Waals surface area contributed by atoms with Crippen molar-refractivity contribution in [3.63, 3.8) is 0 Å². The number of hydrogen-bond acceptors (Lipinski definition) is 6. The number of Topliss-reactive ketones (excluding diaryl/α,β-unsaturated/α-hetero) is 2. The van der Waals surface area contributed by atoms with Gasteiger partial charge in [-0.05, 0) is 70.0 Å². The molecule has 0 aromatic carbocycles. The predicted octanol–water partition coefficient (Wildman–Crippen LogP) is 20.7. The zero-order valence-corrected chi connectivity index (χ0v) is 52.1. The normalized spacial score (nSPS) is 15.5. The Bertz CT molecular complexity index is 1690. The second-order valence-corrected chi connectivity index (χ2v) is 27.2. The highest BCUT2D eigenvalue weighted by atomic mass is 16.5. The van der Waals surface area contributed by atoms with Gasteiger partial charge in [-0.1, -0.05) is 302 Å². The summed E-state index contributed by atoms with van der Waals surface area (Å²) in [4.78, 5) is 57.8. The summed E-state index contributed by atoms with van der Waals surface area (Å²) in [6.45, 7) is 29.5. The summed E-state index contributed by atoms with van der Waals surface area (Å²) in [5.41, 5.74) is 2.18. The van der Waals surface area contributed by atoms with Crippen LogP contribution in [0, 0.1) is 33.5 Å². The highest BCUT2D eigenvalue weighted by Gasteiger charge is 2.39. The fraction of sp³-hybridized carbons (Fsp3) is 0.771. The number of esters is 2. The Morgan fingerprint density at radius 1 is 0.342 bits per heavy atom. The van der Waals surface area contributed by atoms with E-state index in [0.29, 0.717) is 33.4 Å². The maximum absolute atomic E-state index is 14.8. The molecular weight excluding hydrogens is 937 g/mol. The summed E-state index contributed by atoms with van der Waals surface area (Å²) >= 11 is 0. The van der Waals surface area contributed by atoms with Gasteiger partial charge < -0.3 is 9.47 Å². The largest absolute Gasteiger partial charge is 0.465 e. The van der Waals surface area contributed by atoms with Crippen molar-refractivity contribution in [3.8, 4) is 0 Å². The number of carbonyl (C=O) groups is 4. The van der Waals surface area contributed by atoms with E-state index in [-0.39, 0.29) is 24.8 Å². The first-order valence-electron chi connectivity index (χ1n) is 31.7. The number of rotatable bonds is 39. The lowest BCUT2D eigenvalue weighted by Crippen LogP contribution is -2.32. The van der Waals surface area contributed by atoms with Gasteiger partial charge in [-0.3, -0.25) is 19.2 Å². The Morgan fingerprint density at radius 3 is 0.711 bits per heavy atom. The Hall–Kier alpha value is -3.28. The van der Waals surface area contributed by atoms with Gasteiger partial charge in [0.1, 0.15) is 0 Å². The van der Waals surface area contributed by atoms with Crippen LogP contribution in [0.3, 0.4) is 0 Å². The number of unbranched alkanes of at least 4 members (excludes halogenated alkanes) is 30. The molecule has 434 valence electrons. The third-order valence-electron chi connectivity index (χ3n) is 15.6. The van der Waals surface area contributed by atoms with E-state index in [1.54, 1.807) is 0 Å². The average molecular weight is 1060 g/mol. The van der Waals surface area contributed by atoms with Gasteiger partial charge in [0, 0.05) is 22.3 Å². The van der Waals surface area contributed by atoms with E-state index in [4.69, 9.17) is 9.47 Å². The summed E-state index contributed by atoms with van der Waals surface area (Å²) in [6, 6.07) is 0. The van der Waals surface area contributed by atoms with Crippen LogP contribution >= 0.6 is 0 Å². The lowest BCUT2D eigenvalue weighted by atomic mass is 9.71. The molecule has 0 saturated carbocycles. The Kier molecular flexibility index (Phi) is 33.3. The van der Waals surface area contributed by atoms with Crippen LogP contribution in [0.15, 0.2) is 69.9 Å². The van der Waals surface area contributed by atoms with Gasteiger partial charge in [0.2, 0.25) is 0 Å². The molecule has 0 saturated heterocycles. The number of hydrogen-bond donors (Lipinski definition) is 0. The Morgan fingerprint density at radius 2 is 0.526 bits per heavy atom. The van der Waals surface area contributed by atoms with Crippen molar-refractivity contribution in [3.05, 3.63) is 69.9 Å². The maximum atomic E-state index is 14.8. The summed E-state index contributed by atoms with van der Waals surface area (Å²) in [5, 5.41) is 0. The molecule has 0 aromatic heterocycles. The molecule has 0 radical (unpaired) electrons. The summed E-state index contributed by atoms with van der Waals surface area (Å²) in [7, 11) is 0. The molecule has 0 aromatic rings. The molecule has 2 aliphatic rings. The molecule has 6 heteroatoms. The van der Waals surface area contributed by atoms with Crippen molar-refractivity contribution >= 4 is 23.5 Å². The highest BCUT2D eigenvalue weighted by molar-refractivity contribution is 6.12. The van der Waals surface area contributed by atoms with Crippen LogP contribution in [-0.4, -0.2) is 36.7 Å². The van der Waals surface area contributed by atoms with Gasteiger partial charge >= 0.3 is 11.9 Å². The van der Waals surface area contributed by atoms with Crippen LogP contribution in [0.2, 0.25) is 0 Å². The molecule has 0 N–H and O–H groups in total. The second-order valence-electron chi connectivity index (χ2n) is 27.2. The van der Waals surface area contributed by atoms with Crippen molar-refractivity contribution in [2.75, 3.05) is 13.2 Å². The quantitative estimate of drug-likeness (QED) is 0.0450. The molecule has 2 aliphatic carbocycles. The van der Waals surface area contributed by atoms with Crippen LogP contribution in [0.25, 0.3) is 0 Å². The van der Waals surface area contributed by atoms with Crippen molar-refractivity contribution in [1.82, 2.24) is 0 Å². The minimum absolute atomic E-state index is 0.00298. The zero-order valence-electron chi connectivity index (χ0n) is 52.1. The monoisotopic (exact) mass is 1050 g/mol. The van der Waals surface area contributed by atoms with Crippen LogP contribution in [0.4, 0.5) is 0 Å². The average Bonchev–Trinajstić information content (AvgIpc) is 3.33. The SMILES string of the molecule is CCCCCCCCCCCCCCCCCCOC(=O)C(C=C1C=C(C(C)(C)C)C(=O)C(C(C)(C)C)=C1)C(C=C1C=C(C(C)(C)C)C(=O)C(C(C)(C)C)=C1)C(=O)OCCCCCCCCCCCCCCCCCC. The molecule has 0 aliphatic heterocycles. The molecule has 76 heavy (non-hydrogen) atoms. The van der Waals surface area contributed by atoms with Gasteiger partial charge in [-0.15, -0.1) is 0 Å². The first-order chi connectivity index (χ1) is 35.9. The van der Waals surface area contributed by atoms with Crippen LogP contribution in [-0.2, 0) is 28.7 Å². The maximum Gasteiger partial charge on any atom is 0.314 e. The topological polar surface area (TPSA) is 86.7 Å². The summed E-state index contributed by atoms with van der Waals surface area (Å²) in [5.74, 6) is -3.09. The smallest absolute Gasteiger partial charge is 0.314 e. The summed E-state index contributed by atoms with van der Waals surface area (Å²) < 4.78 is 12.4. The molecule has 2 rings (SSSR count). The van der Waals surface area contributed by atoms with Crippen molar-refractivity contribution in [2.24, 2.45) is 33.5 Å². The van der Waals surface area contributed by atoms with Gasteiger partial charge in [0.15, 0.2) is 11.6 Å². The predicted molar refractivity (Wildman–Crippen MR) is 324 cm³/mol. The lowest BCUT2D eigenvalue weighted by Gasteiger charge is -2.32. The number of ether oxygens (including phenoxy) is 2. The van der Waals surface area contributed by atoms with E-state index in [9.17, 15) is 19.2 Å². The van der Waals surface area contributed by atoms with E-state index in [1.807, 2.05) is 120 Å². The van der Waals surface area contributed by atoms with E-state index in [0.717, 1.165) is 38.5 Å². The van der Waals surface area contributed by atoms with Gasteiger partial charge in [-0.2, -0.15) is 0 Å². The molecule has 2 atom stereocenters. The fourth-order valence-corrected chi connectivity index (χ4v) is 10.6. The summed E-state index contributed by atoms with van der Waals surface area (Å²) in [6.07, 6.45) is 51.5. The molecule has 0 amide bonds. The lowest BCUT2D eigenvalue weighted by molar-refractivity contribution is -0.157. The van der Waals surface area contributed by atoms with Gasteiger partial charge in [0.25, 0.3) is 0 Å². The third kappa shape index (κ3) is 28.0. The molecular formula is C70H118O6. The second kappa shape index (κ2) is 36.8. The van der Waals surface area contributed by atoms with Crippen molar-refractivity contribution in [2.45, 2.75) is 302 Å². The minimum atomic E-state index is -1.06. The van der Waals surface area contributed by atoms with Gasteiger partial charge in [0.05, 0.1) is 25.0 Å².